The van der Waals surface area contributed by atoms with Gasteiger partial charge in [-0.1, -0.05) is 86.6 Å². The molecule has 0 fully saturated rings. The molecule has 8 nitrogen and oxygen atoms in total. The summed E-state index contributed by atoms with van der Waals surface area (Å²) < 4.78 is 29.2. The highest BCUT2D eigenvalue weighted by Gasteiger charge is 2.21. The molecule has 49 heavy (non-hydrogen) atoms. The summed E-state index contributed by atoms with van der Waals surface area (Å²) >= 11 is 7.26. The second-order valence-electron chi connectivity index (χ2n) is 11.7. The van der Waals surface area contributed by atoms with Gasteiger partial charge in [0.05, 0.1) is 6.20 Å². The zero-order chi connectivity index (χ0) is 34.9. The molecule has 2 aromatic heterocycles. The van der Waals surface area contributed by atoms with E-state index in [1.54, 1.807) is 23.2 Å². The van der Waals surface area contributed by atoms with Crippen molar-refractivity contribution < 1.29 is 13.6 Å². The van der Waals surface area contributed by atoms with Crippen molar-refractivity contribution in [1.29, 1.82) is 0 Å². The fourth-order valence-electron chi connectivity index (χ4n) is 5.48. The monoisotopic (exact) mass is 704 g/mol. The molecular formula is C37H39ClF2N6O2S. The van der Waals surface area contributed by atoms with Crippen LogP contribution in [-0.4, -0.2) is 61.6 Å². The van der Waals surface area contributed by atoms with E-state index in [0.717, 1.165) is 47.5 Å². The highest BCUT2D eigenvalue weighted by molar-refractivity contribution is 7.98. The van der Waals surface area contributed by atoms with E-state index >= 15 is 0 Å². The van der Waals surface area contributed by atoms with Crippen molar-refractivity contribution >= 4 is 29.3 Å². The normalized spacial score (nSPS) is 12.0. The molecule has 0 aliphatic carbocycles. The molecule has 0 saturated carbocycles. The van der Waals surface area contributed by atoms with Gasteiger partial charge in [0.2, 0.25) is 5.91 Å². The maximum atomic E-state index is 14.2. The summed E-state index contributed by atoms with van der Waals surface area (Å²) in [6.45, 7) is 9.31. The Morgan fingerprint density at radius 3 is 2.27 bits per heavy atom. The predicted molar refractivity (Wildman–Crippen MR) is 191 cm³/mol. The van der Waals surface area contributed by atoms with Gasteiger partial charge in [0.1, 0.15) is 6.54 Å². The number of thioether (sulfide) groups is 1. The van der Waals surface area contributed by atoms with Crippen molar-refractivity contribution in [3.05, 3.63) is 135 Å². The van der Waals surface area contributed by atoms with Crippen LogP contribution < -0.4 is 5.56 Å². The zero-order valence-electron chi connectivity index (χ0n) is 27.7. The van der Waals surface area contributed by atoms with Gasteiger partial charge < -0.3 is 14.4 Å². The highest BCUT2D eigenvalue weighted by Crippen LogP contribution is 2.26. The Labute approximate surface area is 294 Å². The zero-order valence-corrected chi connectivity index (χ0v) is 29.3. The molecule has 1 amide bonds. The number of carbonyl (C=O) groups is 1. The Hall–Kier alpha value is -4.32. The maximum absolute atomic E-state index is 14.2. The van der Waals surface area contributed by atoms with Gasteiger partial charge in [-0.25, -0.2) is 8.78 Å². The van der Waals surface area contributed by atoms with Crippen LogP contribution in [0.4, 0.5) is 8.78 Å². The van der Waals surface area contributed by atoms with Crippen LogP contribution in [-0.2, 0) is 23.6 Å². The maximum Gasteiger partial charge on any atom is 0.277 e. The van der Waals surface area contributed by atoms with E-state index in [1.165, 1.54) is 17.8 Å². The lowest BCUT2D eigenvalue weighted by molar-refractivity contribution is -0.132. The molecule has 5 rings (SSSR count). The minimum absolute atomic E-state index is 0.0698. The first kappa shape index (κ1) is 36.0. The molecule has 12 heteroatoms. The topological polar surface area (TPSA) is 87.1 Å². The minimum Gasteiger partial charge on any atom is -0.336 e. The quantitative estimate of drug-likeness (QED) is 0.0905. The smallest absolute Gasteiger partial charge is 0.277 e. The molecule has 5 aromatic rings. The number of nitrogens with zero attached hydrogens (tertiary/aromatic N) is 5. The molecule has 0 aliphatic rings. The van der Waals surface area contributed by atoms with Gasteiger partial charge >= 0.3 is 0 Å². The van der Waals surface area contributed by atoms with Crippen LogP contribution in [0, 0.1) is 11.6 Å². The molecule has 1 N–H and O–H groups in total. The number of aromatic amines is 1. The largest absolute Gasteiger partial charge is 0.336 e. The highest BCUT2D eigenvalue weighted by atomic mass is 35.5. The number of nitrogens with one attached hydrogen (secondary N) is 1. The molecule has 3 aromatic carbocycles. The van der Waals surface area contributed by atoms with Gasteiger partial charge in [0.15, 0.2) is 16.8 Å². The van der Waals surface area contributed by atoms with E-state index < -0.39 is 17.2 Å². The van der Waals surface area contributed by atoms with E-state index in [1.807, 2.05) is 60.4 Å². The number of hydrogen-bond donors (Lipinski definition) is 1. The fraction of sp³-hybridized carbons (Fsp3) is 0.297. The average Bonchev–Trinajstić information content (AvgIpc) is 3.65. The van der Waals surface area contributed by atoms with Crippen LogP contribution in [0.1, 0.15) is 48.9 Å². The summed E-state index contributed by atoms with van der Waals surface area (Å²) in [5, 5.41) is 7.78. The summed E-state index contributed by atoms with van der Waals surface area (Å²) in [5.41, 5.74) is 4.39. The van der Waals surface area contributed by atoms with Crippen molar-refractivity contribution in [1.82, 2.24) is 29.5 Å². The number of benzene rings is 3. The van der Waals surface area contributed by atoms with E-state index in [0.29, 0.717) is 40.9 Å². The van der Waals surface area contributed by atoms with Gasteiger partial charge in [0.25, 0.3) is 5.56 Å². The standard InChI is InChI=1S/C37H39ClF2N6O2S/c1-4-44(5-2)16-17-45(21-26-6-9-28(10-7-26)29-11-13-31(38)14-12-29)35(47)23-46-22-32(25(3)30-19-41-42-20-30)36(48)43-37(46)49-24-27-8-15-33(39)34(40)18-27/h6-15,18-20,22,25H,4-5,16-17,21,23-24H2,1-3H3,(H,41,42). The molecular weight excluding hydrogens is 666 g/mol. The summed E-state index contributed by atoms with van der Waals surface area (Å²) in [6, 6.07) is 19.5. The lowest BCUT2D eigenvalue weighted by atomic mass is 9.98. The number of hydrogen-bond acceptors (Lipinski definition) is 6. The van der Waals surface area contributed by atoms with Gasteiger partial charge in [-0.3, -0.25) is 14.7 Å². The first-order chi connectivity index (χ1) is 23.6. The van der Waals surface area contributed by atoms with Crippen molar-refractivity contribution in [3.63, 3.8) is 0 Å². The molecule has 0 radical (unpaired) electrons. The molecule has 0 aliphatic heterocycles. The van der Waals surface area contributed by atoms with E-state index in [4.69, 9.17) is 11.6 Å². The Morgan fingerprint density at radius 1 is 0.959 bits per heavy atom. The summed E-state index contributed by atoms with van der Waals surface area (Å²) in [4.78, 5) is 36.0. The average molecular weight is 705 g/mol. The summed E-state index contributed by atoms with van der Waals surface area (Å²) in [5.74, 6) is -2.14. The van der Waals surface area contributed by atoms with Crippen LogP contribution >= 0.6 is 23.4 Å². The molecule has 256 valence electrons. The Kier molecular flexibility index (Phi) is 12.4. The second-order valence-corrected chi connectivity index (χ2v) is 13.1. The van der Waals surface area contributed by atoms with Gasteiger partial charge in [-0.2, -0.15) is 10.1 Å². The van der Waals surface area contributed by atoms with Gasteiger partial charge in [-0.05, 0) is 65.2 Å². The third kappa shape index (κ3) is 9.44. The van der Waals surface area contributed by atoms with Crippen LogP contribution in [0.5, 0.6) is 0 Å². The van der Waals surface area contributed by atoms with Crippen molar-refractivity contribution in [3.8, 4) is 11.1 Å². The van der Waals surface area contributed by atoms with Crippen LogP contribution in [0.25, 0.3) is 11.1 Å². The molecule has 1 atom stereocenters. The summed E-state index contributed by atoms with van der Waals surface area (Å²) in [6.07, 6.45) is 5.05. The van der Waals surface area contributed by atoms with Crippen molar-refractivity contribution in [2.45, 2.75) is 50.7 Å². The van der Waals surface area contributed by atoms with Gasteiger partial charge in [0, 0.05) is 54.3 Å². The van der Waals surface area contributed by atoms with Crippen molar-refractivity contribution in [2.24, 2.45) is 0 Å². The number of aromatic nitrogens is 4. The third-order valence-corrected chi connectivity index (χ3v) is 9.88. The number of amides is 1. The van der Waals surface area contributed by atoms with E-state index in [9.17, 15) is 18.4 Å². The molecule has 0 bridgehead atoms. The fourth-order valence-corrected chi connectivity index (χ4v) is 6.51. The Balaban J connectivity index is 1.43. The molecule has 0 spiro atoms. The molecule has 1 unspecified atom stereocenters. The van der Waals surface area contributed by atoms with Gasteiger partial charge in [-0.15, -0.1) is 0 Å². The van der Waals surface area contributed by atoms with E-state index in [2.05, 4.69) is 33.9 Å². The van der Waals surface area contributed by atoms with Crippen LogP contribution in [0.2, 0.25) is 5.02 Å². The predicted octanol–water partition coefficient (Wildman–Crippen LogP) is 7.38. The minimum atomic E-state index is -0.951. The first-order valence-corrected chi connectivity index (χ1v) is 17.5. The van der Waals surface area contributed by atoms with Crippen molar-refractivity contribution in [2.75, 3.05) is 26.2 Å². The van der Waals surface area contributed by atoms with Crippen LogP contribution in [0.15, 0.2) is 95.3 Å². The first-order valence-electron chi connectivity index (χ1n) is 16.2. The van der Waals surface area contributed by atoms with E-state index in [-0.39, 0.29) is 24.1 Å². The lowest BCUT2D eigenvalue weighted by Gasteiger charge is -2.27. The SMILES string of the molecule is CCN(CC)CCN(Cc1ccc(-c2ccc(Cl)cc2)cc1)C(=O)Cn1cc(C(C)c2cn[nH]c2)c(=O)nc1SCc1ccc(F)c(F)c1. The number of halogens is 3. The molecule has 0 saturated heterocycles. The Morgan fingerprint density at radius 2 is 1.63 bits per heavy atom. The summed E-state index contributed by atoms with van der Waals surface area (Å²) in [7, 11) is 0. The number of carbonyl (C=O) groups excluding carboxylic acids is 1. The molecule has 2 heterocycles. The number of H-pyrrole nitrogens is 1. The second kappa shape index (κ2) is 16.9. The van der Waals surface area contributed by atoms with Crippen LogP contribution in [0.3, 0.4) is 0 Å². The lowest BCUT2D eigenvalue weighted by Crippen LogP contribution is -2.40. The number of rotatable bonds is 15. The Bertz CT molecular complexity index is 1900. The number of likely N-dealkylation sites (N-methyl/N-ethyl adjacent to an activating group) is 1. The third-order valence-electron chi connectivity index (χ3n) is 8.57.